The second kappa shape index (κ2) is 11.7. The van der Waals surface area contributed by atoms with Crippen LogP contribution in [-0.2, 0) is 27.9 Å². The highest BCUT2D eigenvalue weighted by Crippen LogP contribution is 2.29. The molecule has 1 aliphatic rings. The minimum atomic E-state index is -3.86. The highest BCUT2D eigenvalue weighted by molar-refractivity contribution is 7.89. The number of rotatable bonds is 9. The highest BCUT2D eigenvalue weighted by atomic mass is 35.5. The molecule has 5 nitrogen and oxygen atoms in total. The summed E-state index contributed by atoms with van der Waals surface area (Å²) < 4.78 is 28.9. The van der Waals surface area contributed by atoms with E-state index in [1.807, 2.05) is 48.7 Å². The lowest BCUT2D eigenvalue weighted by Gasteiger charge is -2.34. The molecule has 186 valence electrons. The zero-order valence-corrected chi connectivity index (χ0v) is 22.3. The Labute approximate surface area is 217 Å². The molecule has 3 aromatic rings. The molecule has 0 spiro atoms. The summed E-state index contributed by atoms with van der Waals surface area (Å²) in [5.74, 6) is -0.190. The van der Waals surface area contributed by atoms with Crippen LogP contribution in [-0.4, -0.2) is 36.1 Å². The van der Waals surface area contributed by atoms with E-state index in [4.69, 9.17) is 11.6 Å². The predicted molar refractivity (Wildman–Crippen MR) is 142 cm³/mol. The molecule has 1 aliphatic carbocycles. The van der Waals surface area contributed by atoms with Gasteiger partial charge in [0.15, 0.2) is 0 Å². The van der Waals surface area contributed by atoms with Gasteiger partial charge >= 0.3 is 0 Å². The summed E-state index contributed by atoms with van der Waals surface area (Å²) >= 11 is 7.62. The molecule has 1 fully saturated rings. The Kier molecular flexibility index (Phi) is 8.65. The minimum Gasteiger partial charge on any atom is -0.332 e. The maximum Gasteiger partial charge on any atom is 0.243 e. The summed E-state index contributed by atoms with van der Waals surface area (Å²) in [6.45, 7) is 2.75. The molecule has 1 heterocycles. The van der Waals surface area contributed by atoms with Gasteiger partial charge in [-0.05, 0) is 66.6 Å². The van der Waals surface area contributed by atoms with Crippen LogP contribution in [0.5, 0.6) is 0 Å². The van der Waals surface area contributed by atoms with Crippen LogP contribution in [0.3, 0.4) is 0 Å². The molecule has 4 rings (SSSR count). The maximum atomic E-state index is 13.8. The normalized spacial score (nSPS) is 14.8. The fourth-order valence-electron chi connectivity index (χ4n) is 4.53. The molecule has 35 heavy (non-hydrogen) atoms. The number of halogens is 1. The number of amides is 1. The standard InChI is InChI=1S/C27H31ClN2O3S2/c1-21-16-17-34-26(21)19-29(18-22-8-4-2-5-9-22)27(31)20-30(24-10-6-3-7-11-24)35(32,33)25-14-12-23(28)13-15-25/h2,4-5,8-9,12-17,24H,3,6-7,10-11,18-20H2,1H3. The van der Waals surface area contributed by atoms with E-state index in [-0.39, 0.29) is 23.4 Å². The van der Waals surface area contributed by atoms with Gasteiger partial charge in [0, 0.05) is 22.5 Å². The van der Waals surface area contributed by atoms with Crippen LogP contribution in [0.25, 0.3) is 0 Å². The monoisotopic (exact) mass is 530 g/mol. The number of thiophene rings is 1. The van der Waals surface area contributed by atoms with E-state index >= 15 is 0 Å². The van der Waals surface area contributed by atoms with Crippen LogP contribution in [0.1, 0.15) is 48.1 Å². The molecular formula is C27H31ClN2O3S2. The Hall–Kier alpha value is -2.19. The van der Waals surface area contributed by atoms with Gasteiger partial charge in [0.2, 0.25) is 15.9 Å². The molecule has 0 N–H and O–H groups in total. The van der Waals surface area contributed by atoms with Crippen molar-refractivity contribution in [3.8, 4) is 0 Å². The van der Waals surface area contributed by atoms with Crippen molar-refractivity contribution in [2.45, 2.75) is 63.1 Å². The third kappa shape index (κ3) is 6.53. The first-order valence-corrected chi connectivity index (χ1v) is 14.7. The van der Waals surface area contributed by atoms with Crippen LogP contribution in [0, 0.1) is 6.92 Å². The Bertz CT molecular complexity index is 1220. The zero-order chi connectivity index (χ0) is 24.8. The quantitative estimate of drug-likeness (QED) is 0.328. The number of aryl methyl sites for hydroxylation is 1. The van der Waals surface area contributed by atoms with Crippen LogP contribution < -0.4 is 0 Å². The third-order valence-corrected chi connectivity index (χ3v) is 9.74. The average molecular weight is 531 g/mol. The largest absolute Gasteiger partial charge is 0.332 e. The van der Waals surface area contributed by atoms with Crippen molar-refractivity contribution in [3.05, 3.63) is 87.1 Å². The van der Waals surface area contributed by atoms with E-state index in [1.54, 1.807) is 28.4 Å². The summed E-state index contributed by atoms with van der Waals surface area (Å²) in [7, 11) is -3.86. The molecule has 1 amide bonds. The minimum absolute atomic E-state index is 0.170. The fourth-order valence-corrected chi connectivity index (χ4v) is 7.21. The lowest BCUT2D eigenvalue weighted by Crippen LogP contribution is -2.47. The van der Waals surface area contributed by atoms with Crippen molar-refractivity contribution in [1.29, 1.82) is 0 Å². The van der Waals surface area contributed by atoms with E-state index in [1.165, 1.54) is 16.4 Å². The van der Waals surface area contributed by atoms with Gasteiger partial charge < -0.3 is 4.90 Å². The maximum absolute atomic E-state index is 13.8. The number of hydrogen-bond acceptors (Lipinski definition) is 4. The summed E-state index contributed by atoms with van der Waals surface area (Å²) in [6.07, 6.45) is 4.56. The number of benzene rings is 2. The van der Waals surface area contributed by atoms with Gasteiger partial charge in [0.25, 0.3) is 0 Å². The first kappa shape index (κ1) is 25.9. The van der Waals surface area contributed by atoms with Crippen molar-refractivity contribution in [2.75, 3.05) is 6.54 Å². The lowest BCUT2D eigenvalue weighted by molar-refractivity contribution is -0.133. The molecule has 0 unspecified atom stereocenters. The first-order chi connectivity index (χ1) is 16.8. The number of sulfonamides is 1. The Morgan fingerprint density at radius 1 is 0.971 bits per heavy atom. The summed E-state index contributed by atoms with van der Waals surface area (Å²) in [5, 5.41) is 2.50. The fraction of sp³-hybridized carbons (Fsp3) is 0.370. The van der Waals surface area contributed by atoms with E-state index in [0.29, 0.717) is 18.1 Å². The smallest absolute Gasteiger partial charge is 0.243 e. The highest BCUT2D eigenvalue weighted by Gasteiger charge is 2.35. The van der Waals surface area contributed by atoms with Crippen LogP contribution >= 0.6 is 22.9 Å². The Balaban J connectivity index is 1.63. The zero-order valence-electron chi connectivity index (χ0n) is 19.9. The molecular weight excluding hydrogens is 500 g/mol. The molecule has 0 aliphatic heterocycles. The van der Waals surface area contributed by atoms with Gasteiger partial charge in [0.05, 0.1) is 18.0 Å². The Morgan fingerprint density at radius 3 is 2.29 bits per heavy atom. The van der Waals surface area contributed by atoms with Crippen molar-refractivity contribution in [3.63, 3.8) is 0 Å². The molecule has 2 aromatic carbocycles. The van der Waals surface area contributed by atoms with Crippen molar-refractivity contribution < 1.29 is 13.2 Å². The third-order valence-electron chi connectivity index (χ3n) is 6.56. The van der Waals surface area contributed by atoms with Crippen LogP contribution in [0.15, 0.2) is 70.9 Å². The topological polar surface area (TPSA) is 57.7 Å². The molecule has 1 aromatic heterocycles. The molecule has 0 radical (unpaired) electrons. The SMILES string of the molecule is Cc1ccsc1CN(Cc1ccccc1)C(=O)CN(C1CCCCC1)S(=O)(=O)c1ccc(Cl)cc1. The molecule has 0 saturated heterocycles. The van der Waals surface area contributed by atoms with Crippen molar-refractivity contribution >= 4 is 38.9 Å². The second-order valence-electron chi connectivity index (χ2n) is 9.06. The van der Waals surface area contributed by atoms with Crippen molar-refractivity contribution in [1.82, 2.24) is 9.21 Å². The number of nitrogens with zero attached hydrogens (tertiary/aromatic N) is 2. The summed E-state index contributed by atoms with van der Waals surface area (Å²) in [4.78, 5) is 16.8. The lowest BCUT2D eigenvalue weighted by atomic mass is 9.95. The summed E-state index contributed by atoms with van der Waals surface area (Å²) in [5.41, 5.74) is 2.15. The molecule has 0 bridgehead atoms. The number of hydrogen-bond donors (Lipinski definition) is 0. The van der Waals surface area contributed by atoms with Crippen LogP contribution in [0.4, 0.5) is 0 Å². The first-order valence-electron chi connectivity index (χ1n) is 12.0. The average Bonchev–Trinajstić information content (AvgIpc) is 3.27. The summed E-state index contributed by atoms with van der Waals surface area (Å²) in [6, 6.07) is 17.9. The van der Waals surface area contributed by atoms with E-state index in [0.717, 1.165) is 48.1 Å². The van der Waals surface area contributed by atoms with Crippen molar-refractivity contribution in [2.24, 2.45) is 0 Å². The number of carbonyl (C=O) groups is 1. The van der Waals surface area contributed by atoms with E-state index in [2.05, 4.69) is 0 Å². The van der Waals surface area contributed by atoms with Crippen LogP contribution in [0.2, 0.25) is 5.02 Å². The predicted octanol–water partition coefficient (Wildman–Crippen LogP) is 6.26. The second-order valence-corrected chi connectivity index (χ2v) is 12.4. The van der Waals surface area contributed by atoms with E-state index < -0.39 is 10.0 Å². The van der Waals surface area contributed by atoms with Gasteiger partial charge in [0.1, 0.15) is 0 Å². The molecule has 8 heteroatoms. The van der Waals surface area contributed by atoms with Gasteiger partial charge in [-0.25, -0.2) is 8.42 Å². The Morgan fingerprint density at radius 2 is 1.66 bits per heavy atom. The molecule has 1 saturated carbocycles. The number of carbonyl (C=O) groups excluding carboxylic acids is 1. The van der Waals surface area contributed by atoms with Gasteiger partial charge in [-0.3, -0.25) is 4.79 Å². The molecule has 0 atom stereocenters. The van der Waals surface area contributed by atoms with Gasteiger partial charge in [-0.1, -0.05) is 61.2 Å². The van der Waals surface area contributed by atoms with E-state index in [9.17, 15) is 13.2 Å². The van der Waals surface area contributed by atoms with Gasteiger partial charge in [-0.2, -0.15) is 4.31 Å². The van der Waals surface area contributed by atoms with Gasteiger partial charge in [-0.15, -0.1) is 11.3 Å².